The molecule has 2 atom stereocenters. The van der Waals surface area contributed by atoms with Crippen LogP contribution >= 0.6 is 0 Å². The van der Waals surface area contributed by atoms with Gasteiger partial charge in [0.2, 0.25) is 0 Å². The molecule has 138 valence electrons. The molecule has 0 radical (unpaired) electrons. The lowest BCUT2D eigenvalue weighted by Gasteiger charge is -2.18. The molecule has 1 heterocycles. The van der Waals surface area contributed by atoms with Crippen LogP contribution in [0.25, 0.3) is 16.7 Å². The van der Waals surface area contributed by atoms with Gasteiger partial charge >= 0.3 is 0 Å². The first kappa shape index (κ1) is 18.2. The normalized spacial score (nSPS) is 13.7. The van der Waals surface area contributed by atoms with Gasteiger partial charge in [-0.1, -0.05) is 33.8 Å². The van der Waals surface area contributed by atoms with Crippen LogP contribution in [0, 0.1) is 0 Å². The Morgan fingerprint density at radius 2 is 1.69 bits per heavy atom. The van der Waals surface area contributed by atoms with E-state index in [0.717, 1.165) is 35.2 Å². The first-order valence-corrected chi connectivity index (χ1v) is 9.26. The largest absolute Gasteiger partial charge is 0.505 e. The zero-order valence-electron chi connectivity index (χ0n) is 16.2. The zero-order valence-corrected chi connectivity index (χ0v) is 16.2. The summed E-state index contributed by atoms with van der Waals surface area (Å²) in [5.74, 6) is 1.67. The van der Waals surface area contributed by atoms with E-state index >= 15 is 0 Å². The van der Waals surface area contributed by atoms with Crippen molar-refractivity contribution < 1.29 is 9.84 Å². The monoisotopic (exact) mass is 353 g/mol. The molecule has 0 bridgehead atoms. The molecule has 0 saturated heterocycles. The Kier molecular flexibility index (Phi) is 5.16. The standard InChI is InChI=1S/C21H27N3O2/c1-6-13(3)15-10-17(14(4)7-2)21(25)20(11-15)24-22-18-9-8-16(26-5)12-19(18)23-24/h8-14,25H,6-7H2,1-5H3. The zero-order chi connectivity index (χ0) is 18.8. The first-order valence-electron chi connectivity index (χ1n) is 9.26. The maximum absolute atomic E-state index is 10.9. The summed E-state index contributed by atoms with van der Waals surface area (Å²) in [4.78, 5) is 1.54. The lowest BCUT2D eigenvalue weighted by Crippen LogP contribution is -2.05. The predicted molar refractivity (Wildman–Crippen MR) is 104 cm³/mol. The van der Waals surface area contributed by atoms with Crippen LogP contribution in [0.4, 0.5) is 0 Å². The van der Waals surface area contributed by atoms with Crippen molar-refractivity contribution in [3.05, 3.63) is 41.5 Å². The summed E-state index contributed by atoms with van der Waals surface area (Å²) in [7, 11) is 1.63. The van der Waals surface area contributed by atoms with Crippen molar-refractivity contribution in [3.8, 4) is 17.2 Å². The highest BCUT2D eigenvalue weighted by atomic mass is 16.5. The van der Waals surface area contributed by atoms with Crippen molar-refractivity contribution in [2.45, 2.75) is 52.4 Å². The third-order valence-corrected chi connectivity index (χ3v) is 5.27. The summed E-state index contributed by atoms with van der Waals surface area (Å²) < 4.78 is 5.26. The van der Waals surface area contributed by atoms with Gasteiger partial charge in [0.1, 0.15) is 28.2 Å². The molecule has 0 aliphatic carbocycles. The van der Waals surface area contributed by atoms with Crippen molar-refractivity contribution in [2.75, 3.05) is 7.11 Å². The summed E-state index contributed by atoms with van der Waals surface area (Å²) in [6.45, 7) is 8.64. The molecule has 0 spiro atoms. The average molecular weight is 353 g/mol. The molecule has 3 aromatic rings. The van der Waals surface area contributed by atoms with Crippen LogP contribution in [0.5, 0.6) is 11.5 Å². The van der Waals surface area contributed by atoms with Gasteiger partial charge in [-0.3, -0.25) is 0 Å². The quantitative estimate of drug-likeness (QED) is 0.665. The Bertz CT molecular complexity index is 917. The SMILES string of the molecule is CCC(C)c1cc(C(C)CC)c(O)c(-n2nc3ccc(OC)cc3n2)c1. The lowest BCUT2D eigenvalue weighted by molar-refractivity contribution is 0.415. The molecule has 0 aliphatic heterocycles. The van der Waals surface area contributed by atoms with Crippen LogP contribution in [0.1, 0.15) is 63.5 Å². The minimum Gasteiger partial charge on any atom is -0.505 e. The third kappa shape index (κ3) is 3.26. The second kappa shape index (κ2) is 7.36. The maximum atomic E-state index is 10.9. The fourth-order valence-corrected chi connectivity index (χ4v) is 3.06. The molecule has 0 fully saturated rings. The van der Waals surface area contributed by atoms with Crippen molar-refractivity contribution in [1.82, 2.24) is 15.0 Å². The summed E-state index contributed by atoms with van der Waals surface area (Å²) in [6, 6.07) is 9.73. The lowest BCUT2D eigenvalue weighted by atomic mass is 9.90. The van der Waals surface area contributed by atoms with E-state index in [-0.39, 0.29) is 11.7 Å². The third-order valence-electron chi connectivity index (χ3n) is 5.27. The van der Waals surface area contributed by atoms with Crippen molar-refractivity contribution >= 4 is 11.0 Å². The molecule has 5 heteroatoms. The molecule has 2 aromatic carbocycles. The molecule has 0 aliphatic rings. The van der Waals surface area contributed by atoms with E-state index in [1.165, 1.54) is 10.4 Å². The number of hydrogen-bond donors (Lipinski definition) is 1. The maximum Gasteiger partial charge on any atom is 0.146 e. The number of phenols is 1. The van der Waals surface area contributed by atoms with E-state index in [4.69, 9.17) is 4.74 Å². The van der Waals surface area contributed by atoms with Crippen molar-refractivity contribution in [1.29, 1.82) is 0 Å². The van der Waals surface area contributed by atoms with Gasteiger partial charge in [0, 0.05) is 6.07 Å². The second-order valence-corrected chi connectivity index (χ2v) is 6.94. The Morgan fingerprint density at radius 1 is 1.00 bits per heavy atom. The number of aromatic hydroxyl groups is 1. The minimum atomic E-state index is 0.263. The summed E-state index contributed by atoms with van der Waals surface area (Å²) in [5, 5.41) is 20.1. The molecule has 0 saturated carbocycles. The fourth-order valence-electron chi connectivity index (χ4n) is 3.06. The number of methoxy groups -OCH3 is 1. The van der Waals surface area contributed by atoms with Gasteiger partial charge in [-0.15, -0.1) is 15.0 Å². The van der Waals surface area contributed by atoms with Crippen LogP contribution in [0.2, 0.25) is 0 Å². The summed E-state index contributed by atoms with van der Waals surface area (Å²) in [6.07, 6.45) is 2.00. The molecule has 0 amide bonds. The Labute approximate surface area is 154 Å². The smallest absolute Gasteiger partial charge is 0.146 e. The van der Waals surface area contributed by atoms with E-state index in [2.05, 4.69) is 44.0 Å². The average Bonchev–Trinajstić information content (AvgIpc) is 3.09. The highest BCUT2D eigenvalue weighted by Crippen LogP contribution is 2.37. The molecule has 3 rings (SSSR count). The van der Waals surface area contributed by atoms with E-state index in [9.17, 15) is 5.11 Å². The molecule has 2 unspecified atom stereocenters. The van der Waals surface area contributed by atoms with E-state index in [1.807, 2.05) is 24.3 Å². The van der Waals surface area contributed by atoms with E-state index in [0.29, 0.717) is 11.6 Å². The number of rotatable bonds is 6. The van der Waals surface area contributed by atoms with E-state index < -0.39 is 0 Å². The molecule has 1 aromatic heterocycles. The Hall–Kier alpha value is -2.56. The van der Waals surface area contributed by atoms with Crippen LogP contribution in [-0.4, -0.2) is 27.2 Å². The van der Waals surface area contributed by atoms with Gasteiger partial charge < -0.3 is 9.84 Å². The number of hydrogen-bond acceptors (Lipinski definition) is 4. The highest BCUT2D eigenvalue weighted by molar-refractivity contribution is 5.76. The van der Waals surface area contributed by atoms with Gasteiger partial charge in [0.25, 0.3) is 0 Å². The minimum absolute atomic E-state index is 0.263. The van der Waals surface area contributed by atoms with Gasteiger partial charge in [-0.2, -0.15) is 0 Å². The predicted octanol–water partition coefficient (Wildman–Crippen LogP) is 5.16. The van der Waals surface area contributed by atoms with Gasteiger partial charge in [-0.25, -0.2) is 0 Å². The van der Waals surface area contributed by atoms with Crippen LogP contribution in [0.3, 0.4) is 0 Å². The molecule has 26 heavy (non-hydrogen) atoms. The number of nitrogens with zero attached hydrogens (tertiary/aromatic N) is 3. The number of fused-ring (bicyclic) bond motifs is 1. The number of aromatic nitrogens is 3. The molecular weight excluding hydrogens is 326 g/mol. The van der Waals surface area contributed by atoms with E-state index in [1.54, 1.807) is 7.11 Å². The Balaban J connectivity index is 2.19. The van der Waals surface area contributed by atoms with Gasteiger partial charge in [0.05, 0.1) is 7.11 Å². The topological polar surface area (TPSA) is 60.2 Å². The van der Waals surface area contributed by atoms with Crippen LogP contribution in [-0.2, 0) is 0 Å². The summed E-state index contributed by atoms with van der Waals surface area (Å²) in [5.41, 5.74) is 4.30. The number of ether oxygens (including phenoxy) is 1. The number of benzene rings is 2. The molecule has 5 nitrogen and oxygen atoms in total. The van der Waals surface area contributed by atoms with Gasteiger partial charge in [-0.05, 0) is 54.0 Å². The Morgan fingerprint density at radius 3 is 2.35 bits per heavy atom. The second-order valence-electron chi connectivity index (χ2n) is 6.94. The van der Waals surface area contributed by atoms with Crippen molar-refractivity contribution in [3.63, 3.8) is 0 Å². The fraction of sp³-hybridized carbons (Fsp3) is 0.429. The highest BCUT2D eigenvalue weighted by Gasteiger charge is 2.19. The first-order chi connectivity index (χ1) is 12.5. The van der Waals surface area contributed by atoms with Crippen molar-refractivity contribution in [2.24, 2.45) is 0 Å². The number of phenolic OH excluding ortho intramolecular Hbond substituents is 1. The van der Waals surface area contributed by atoms with Crippen LogP contribution in [0.15, 0.2) is 30.3 Å². The molecule has 1 N–H and O–H groups in total. The molecular formula is C21H27N3O2. The van der Waals surface area contributed by atoms with Gasteiger partial charge in [0.15, 0.2) is 0 Å². The summed E-state index contributed by atoms with van der Waals surface area (Å²) >= 11 is 0. The van der Waals surface area contributed by atoms with Crippen LogP contribution < -0.4 is 4.74 Å².